The van der Waals surface area contributed by atoms with E-state index in [9.17, 15) is 28.0 Å². The van der Waals surface area contributed by atoms with Gasteiger partial charge in [0.15, 0.2) is 23.1 Å². The summed E-state index contributed by atoms with van der Waals surface area (Å²) in [5.41, 5.74) is 6.85. The number of carboxylic acid groups (broad SMARTS) is 1. The maximum Gasteiger partial charge on any atom is 0.329 e. The number of carbonyl (C=O) groups is 4. The van der Waals surface area contributed by atoms with Crippen LogP contribution in [0.3, 0.4) is 0 Å². The maximum atomic E-state index is 15.0. The molecule has 516 valence electrons. The summed E-state index contributed by atoms with van der Waals surface area (Å²) < 4.78 is 73.7. The van der Waals surface area contributed by atoms with Crippen molar-refractivity contribution in [1.29, 1.82) is 0 Å². The number of Topliss-reactive ketones (excluding diaryl/α,β-unsaturated/α-hetero) is 2. The third-order valence-electron chi connectivity index (χ3n) is 16.4. The Bertz CT molecular complexity index is 3840. The van der Waals surface area contributed by atoms with E-state index in [1.807, 2.05) is 41.6 Å². The Morgan fingerprint density at radius 3 is 1.39 bits per heavy atom. The number of thiophene rings is 2. The molecular formula is C72H84F2N8O13S2. The molecule has 97 heavy (non-hydrogen) atoms. The number of ketones is 2. The van der Waals surface area contributed by atoms with Crippen molar-refractivity contribution in [2.75, 3.05) is 133 Å². The van der Waals surface area contributed by atoms with E-state index in [-0.39, 0.29) is 55.0 Å². The summed E-state index contributed by atoms with van der Waals surface area (Å²) in [6, 6.07) is 25.2. The fraction of sp³-hybridized carbons (Fsp3) is 0.444. The topological polar surface area (TPSA) is 236 Å². The molecule has 1 amide bonds. The van der Waals surface area contributed by atoms with Gasteiger partial charge in [-0.2, -0.15) is 0 Å². The van der Waals surface area contributed by atoms with Gasteiger partial charge < -0.3 is 53.2 Å². The lowest BCUT2D eigenvalue weighted by molar-refractivity contribution is -0.143. The Balaban J connectivity index is 0.000000184. The van der Waals surface area contributed by atoms with Gasteiger partial charge in [0.05, 0.1) is 94.4 Å². The quantitative estimate of drug-likeness (QED) is 0.0357. The first-order valence-electron chi connectivity index (χ1n) is 32.9. The van der Waals surface area contributed by atoms with Crippen molar-refractivity contribution in [3.8, 4) is 44.1 Å². The van der Waals surface area contributed by atoms with E-state index in [1.165, 1.54) is 40.4 Å². The van der Waals surface area contributed by atoms with Crippen molar-refractivity contribution in [3.05, 3.63) is 144 Å². The van der Waals surface area contributed by atoms with E-state index >= 15 is 0 Å². The first-order valence-corrected chi connectivity index (χ1v) is 34.5. The molecule has 2 saturated carbocycles. The minimum atomic E-state index is -0.966. The van der Waals surface area contributed by atoms with Crippen LogP contribution in [0, 0.1) is 23.5 Å². The standard InChI is InChI=1S/C36H41FN4O6S.C29H29FN4O2S.C7H14O5/c1-44-14-15-45-16-17-46-24-35(43)41-12-10-40(11-13-41)23-27-4-6-30(39-22-27)34-21-31-36(48-34)33(8-9-38-31)47-32-7-5-26(20-29(32)37)19-28(42)18-25-2-3-25;30-23-15-20(14-22(35)13-19-1-2-19)4-6-26(23)36-27-7-8-32-25-16-28(37-29(25)27)24-5-3-21(17-33-24)18-34-11-9-31-10-12-34;1-10-2-3-11-4-5-12-6-7(8)9/h4-9,20-22,25H,2-3,10-19,23-24H2,1H3;3-8,15-17,19,31H,1-2,9-14,18H2;2-6H2,1H3,(H,8,9). The van der Waals surface area contributed by atoms with E-state index in [0.29, 0.717) is 113 Å². The molecule has 25 heteroatoms. The number of hydrogen-bond donors (Lipinski definition) is 2. The fourth-order valence-corrected chi connectivity index (χ4v) is 12.9. The molecule has 8 aromatic rings. The van der Waals surface area contributed by atoms with Gasteiger partial charge in [0.1, 0.15) is 36.3 Å². The van der Waals surface area contributed by atoms with Crippen LogP contribution in [0.4, 0.5) is 8.78 Å². The number of halogens is 2. The van der Waals surface area contributed by atoms with E-state index in [2.05, 4.69) is 37.2 Å². The number of pyridine rings is 4. The number of carboxylic acids is 1. The van der Waals surface area contributed by atoms with Crippen LogP contribution in [-0.4, -0.2) is 196 Å². The average Bonchev–Trinajstić information content (AvgIpc) is 1.69. The van der Waals surface area contributed by atoms with Gasteiger partial charge in [0.2, 0.25) is 5.91 Å². The van der Waals surface area contributed by atoms with Crippen LogP contribution in [0.5, 0.6) is 23.0 Å². The molecule has 12 rings (SSSR count). The lowest BCUT2D eigenvalue weighted by atomic mass is 10.0. The molecule has 21 nitrogen and oxygen atoms in total. The predicted octanol–water partition coefficient (Wildman–Crippen LogP) is 10.9. The number of nitrogens with zero attached hydrogens (tertiary/aromatic N) is 7. The molecule has 0 atom stereocenters. The SMILES string of the molecule is COCCOCCOCC(=O)N1CCN(Cc2ccc(-c3cc4nccc(Oc5ccc(CC(=O)CC6CC6)cc5F)c4s3)nc2)CC1.COCCOCCOCC(=O)O.O=C(Cc1ccc(Oc2ccnc3cc(-c4ccc(CN5CCNCC5)cn4)sc23)c(F)c1)CC1CC1. The number of benzene rings is 2. The molecular weight excluding hydrogens is 1290 g/mol. The molecule has 2 aliphatic heterocycles. The molecule has 0 radical (unpaired) electrons. The molecule has 2 aliphatic carbocycles. The Kier molecular flexibility index (Phi) is 27.8. The van der Waals surface area contributed by atoms with Crippen LogP contribution in [-0.2, 0) is 73.5 Å². The third kappa shape index (κ3) is 23.2. The number of methoxy groups -OCH3 is 2. The van der Waals surface area contributed by atoms with Crippen LogP contribution in [0.2, 0.25) is 0 Å². The highest BCUT2D eigenvalue weighted by Gasteiger charge is 2.27. The van der Waals surface area contributed by atoms with Crippen LogP contribution < -0.4 is 14.8 Å². The third-order valence-corrected chi connectivity index (χ3v) is 18.7. The molecule has 8 heterocycles. The van der Waals surface area contributed by atoms with Crippen molar-refractivity contribution in [2.45, 2.75) is 64.5 Å². The Morgan fingerprint density at radius 2 is 0.959 bits per heavy atom. The second kappa shape index (κ2) is 37.3. The number of nitrogens with one attached hydrogen (secondary N) is 1. The summed E-state index contributed by atoms with van der Waals surface area (Å²) in [6.45, 7) is 12.1. The summed E-state index contributed by atoms with van der Waals surface area (Å²) in [5, 5.41) is 11.5. The number of fused-ring (bicyclic) bond motifs is 2. The summed E-state index contributed by atoms with van der Waals surface area (Å²) in [4.78, 5) is 73.8. The molecule has 4 fully saturated rings. The normalized spacial score (nSPS) is 15.0. The van der Waals surface area contributed by atoms with Crippen molar-refractivity contribution in [2.24, 2.45) is 11.8 Å². The number of carbonyl (C=O) groups excluding carboxylic acids is 3. The lowest BCUT2D eigenvalue weighted by Gasteiger charge is -2.34. The Hall–Kier alpha value is -7.66. The van der Waals surface area contributed by atoms with Crippen molar-refractivity contribution >= 4 is 66.5 Å². The number of ether oxygens (including phenoxy) is 8. The zero-order chi connectivity index (χ0) is 67.7. The van der Waals surface area contributed by atoms with Gasteiger partial charge >= 0.3 is 5.97 Å². The minimum absolute atomic E-state index is 0.000861. The van der Waals surface area contributed by atoms with Crippen LogP contribution in [0.25, 0.3) is 41.6 Å². The van der Waals surface area contributed by atoms with E-state index in [0.717, 1.165) is 125 Å². The molecule has 2 aromatic carbocycles. The Labute approximate surface area is 571 Å². The smallest absolute Gasteiger partial charge is 0.329 e. The average molecular weight is 1370 g/mol. The van der Waals surface area contributed by atoms with E-state index in [1.54, 1.807) is 63.0 Å². The first kappa shape index (κ1) is 72.1. The molecule has 2 N–H and O–H groups in total. The highest BCUT2D eigenvalue weighted by atomic mass is 32.1. The van der Waals surface area contributed by atoms with E-state index < -0.39 is 17.6 Å². The van der Waals surface area contributed by atoms with E-state index in [4.69, 9.17) is 53.0 Å². The highest BCUT2D eigenvalue weighted by molar-refractivity contribution is 7.23. The van der Waals surface area contributed by atoms with Gasteiger partial charge in [0, 0.05) is 142 Å². The van der Waals surface area contributed by atoms with Crippen molar-refractivity contribution in [3.63, 3.8) is 0 Å². The second-order valence-corrected chi connectivity index (χ2v) is 26.3. The van der Waals surface area contributed by atoms with Crippen LogP contribution >= 0.6 is 22.7 Å². The molecule has 4 aliphatic rings. The number of piperazine rings is 2. The summed E-state index contributed by atoms with van der Waals surface area (Å²) in [7, 11) is 3.21. The molecule has 2 saturated heterocycles. The van der Waals surface area contributed by atoms with Crippen LogP contribution in [0.1, 0.15) is 60.8 Å². The van der Waals surface area contributed by atoms with Gasteiger partial charge in [-0.25, -0.2) is 13.6 Å². The number of aliphatic carboxylic acids is 1. The van der Waals surface area contributed by atoms with Crippen molar-refractivity contribution in [1.82, 2.24) is 40.0 Å². The monoisotopic (exact) mass is 1370 g/mol. The van der Waals surface area contributed by atoms with Gasteiger partial charge in [-0.15, -0.1) is 22.7 Å². The largest absolute Gasteiger partial charge is 0.480 e. The summed E-state index contributed by atoms with van der Waals surface area (Å²) in [6.07, 6.45) is 13.3. The lowest BCUT2D eigenvalue weighted by Crippen LogP contribution is -2.49. The fourth-order valence-electron chi connectivity index (χ4n) is 10.8. The maximum absolute atomic E-state index is 15.0. The first-order chi connectivity index (χ1) is 47.3. The molecule has 0 bridgehead atoms. The number of aromatic nitrogens is 4. The van der Waals surface area contributed by atoms with Crippen LogP contribution in [0.15, 0.2) is 110 Å². The minimum Gasteiger partial charge on any atom is -0.480 e. The van der Waals surface area contributed by atoms with Gasteiger partial charge in [0.25, 0.3) is 0 Å². The highest BCUT2D eigenvalue weighted by Crippen LogP contribution is 2.42. The number of rotatable bonds is 34. The molecule has 0 unspecified atom stereocenters. The van der Waals surface area contributed by atoms with Gasteiger partial charge in [-0.1, -0.05) is 24.3 Å². The predicted molar refractivity (Wildman–Crippen MR) is 365 cm³/mol. The van der Waals surface area contributed by atoms with Crippen molar-refractivity contribution < 1.29 is 71.0 Å². The summed E-state index contributed by atoms with van der Waals surface area (Å²) >= 11 is 3.02. The summed E-state index contributed by atoms with van der Waals surface area (Å²) in [5.74, 6) is 0.747. The van der Waals surface area contributed by atoms with Gasteiger partial charge in [-0.05, 0) is 108 Å². The molecule has 0 spiro atoms. The number of hydrogen-bond acceptors (Lipinski definition) is 21. The zero-order valence-corrected chi connectivity index (χ0v) is 56.5. The zero-order valence-electron chi connectivity index (χ0n) is 54.9. The number of amides is 1. The van der Waals surface area contributed by atoms with Gasteiger partial charge in [-0.3, -0.25) is 44.1 Å². The second-order valence-electron chi connectivity index (χ2n) is 24.2. The Morgan fingerprint density at radius 1 is 0.515 bits per heavy atom. The molecule has 6 aromatic heterocycles.